The Kier molecular flexibility index (Phi) is 8.01. The van der Waals surface area contributed by atoms with Crippen molar-refractivity contribution in [3.63, 3.8) is 0 Å². The van der Waals surface area contributed by atoms with Crippen molar-refractivity contribution in [3.8, 4) is 0 Å². The zero-order valence-corrected chi connectivity index (χ0v) is 18.1. The van der Waals surface area contributed by atoms with Gasteiger partial charge in [-0.3, -0.25) is 9.69 Å². The number of aryl methyl sites for hydroxylation is 1. The lowest BCUT2D eigenvalue weighted by Gasteiger charge is -2.23. The summed E-state index contributed by atoms with van der Waals surface area (Å²) in [5, 5.41) is 19.4. The summed E-state index contributed by atoms with van der Waals surface area (Å²) in [5.41, 5.74) is 1.64. The Morgan fingerprint density at radius 2 is 1.97 bits per heavy atom. The molecule has 7 heteroatoms. The smallest absolute Gasteiger partial charge is 0.345 e. The largest absolute Gasteiger partial charge is 0.477 e. The van der Waals surface area contributed by atoms with Crippen LogP contribution in [0.3, 0.4) is 0 Å². The highest BCUT2D eigenvalue weighted by atomic mass is 32.1. The van der Waals surface area contributed by atoms with E-state index in [2.05, 4.69) is 6.92 Å². The monoisotopic (exact) mass is 431 g/mol. The molecule has 1 aromatic heterocycles. The van der Waals surface area contributed by atoms with Gasteiger partial charge in [0, 0.05) is 10.6 Å². The van der Waals surface area contributed by atoms with Gasteiger partial charge in [-0.1, -0.05) is 38.3 Å². The van der Waals surface area contributed by atoms with Crippen molar-refractivity contribution in [2.45, 2.75) is 64.2 Å². The number of carboxylic acid groups (broad SMARTS) is 1. The van der Waals surface area contributed by atoms with Crippen LogP contribution in [0.15, 0.2) is 36.4 Å². The molecule has 30 heavy (non-hydrogen) atoms. The minimum atomic E-state index is -0.902. The third-order valence-corrected chi connectivity index (χ3v) is 6.47. The Bertz CT molecular complexity index is 848. The standard InChI is InChI=1S/C23H29NO5S/c1-2-3-4-7-19(25)16-9-11-17(12-10-16)24-21(26)15-29-22(24)8-5-6-18-13-14-20(30-18)23(27)28/h9-14,19,22,25H,2-8,15H2,1H3,(H,27,28)/t19-,22-/m0/s1. The maximum Gasteiger partial charge on any atom is 0.345 e. The van der Waals surface area contributed by atoms with Gasteiger partial charge in [0.25, 0.3) is 5.91 Å². The van der Waals surface area contributed by atoms with Crippen molar-refractivity contribution in [1.29, 1.82) is 0 Å². The minimum Gasteiger partial charge on any atom is -0.477 e. The van der Waals surface area contributed by atoms with E-state index in [-0.39, 0.29) is 18.7 Å². The Hall–Kier alpha value is -2.22. The van der Waals surface area contributed by atoms with Crippen molar-refractivity contribution >= 4 is 28.9 Å². The van der Waals surface area contributed by atoms with Crippen molar-refractivity contribution in [2.24, 2.45) is 0 Å². The van der Waals surface area contributed by atoms with Gasteiger partial charge in [0.1, 0.15) is 17.7 Å². The molecule has 6 nitrogen and oxygen atoms in total. The molecule has 1 amide bonds. The van der Waals surface area contributed by atoms with E-state index in [1.54, 1.807) is 11.0 Å². The number of unbranched alkanes of at least 4 members (excludes halogenated alkanes) is 2. The Morgan fingerprint density at radius 1 is 1.20 bits per heavy atom. The fraction of sp³-hybridized carbons (Fsp3) is 0.478. The molecule has 0 spiro atoms. The number of amides is 1. The van der Waals surface area contributed by atoms with Gasteiger partial charge in [-0.25, -0.2) is 4.79 Å². The molecule has 2 atom stereocenters. The van der Waals surface area contributed by atoms with E-state index in [4.69, 9.17) is 9.84 Å². The summed E-state index contributed by atoms with van der Waals surface area (Å²) in [5.74, 6) is -0.971. The van der Waals surface area contributed by atoms with E-state index in [0.717, 1.165) is 54.7 Å². The van der Waals surface area contributed by atoms with Crippen molar-refractivity contribution in [1.82, 2.24) is 0 Å². The number of carbonyl (C=O) groups is 2. The van der Waals surface area contributed by atoms with Crippen LogP contribution in [-0.4, -0.2) is 34.9 Å². The molecular formula is C23H29NO5S. The van der Waals surface area contributed by atoms with Crippen LogP contribution in [0.2, 0.25) is 0 Å². The van der Waals surface area contributed by atoms with Gasteiger partial charge >= 0.3 is 5.97 Å². The first-order valence-corrected chi connectivity index (χ1v) is 11.3. The lowest BCUT2D eigenvalue weighted by molar-refractivity contribution is -0.117. The van der Waals surface area contributed by atoms with Gasteiger partial charge in [-0.15, -0.1) is 11.3 Å². The minimum absolute atomic E-state index is 0.0637. The molecule has 0 radical (unpaired) electrons. The number of ether oxygens (including phenoxy) is 1. The number of hydrogen-bond donors (Lipinski definition) is 2. The number of anilines is 1. The van der Waals surface area contributed by atoms with Gasteiger partial charge in [0.05, 0.1) is 6.10 Å². The molecule has 162 valence electrons. The van der Waals surface area contributed by atoms with E-state index in [9.17, 15) is 14.7 Å². The first kappa shape index (κ1) is 22.5. The number of aliphatic hydroxyl groups is 1. The molecule has 2 N–H and O–H groups in total. The molecule has 1 aliphatic rings. The normalized spacial score (nSPS) is 17.5. The molecule has 1 fully saturated rings. The topological polar surface area (TPSA) is 87.1 Å². The molecule has 2 aromatic rings. The summed E-state index contributed by atoms with van der Waals surface area (Å²) in [6, 6.07) is 11.0. The van der Waals surface area contributed by atoms with E-state index in [1.165, 1.54) is 11.3 Å². The highest BCUT2D eigenvalue weighted by Crippen LogP contribution is 2.29. The number of aromatic carboxylic acids is 1. The molecule has 2 heterocycles. The molecule has 1 aromatic carbocycles. The first-order valence-electron chi connectivity index (χ1n) is 10.5. The van der Waals surface area contributed by atoms with E-state index in [1.807, 2.05) is 30.3 Å². The van der Waals surface area contributed by atoms with Crippen LogP contribution in [0.1, 0.15) is 71.7 Å². The molecule has 0 unspecified atom stereocenters. The number of nitrogens with zero attached hydrogens (tertiary/aromatic N) is 1. The average molecular weight is 432 g/mol. The number of aliphatic hydroxyl groups excluding tert-OH is 1. The summed E-state index contributed by atoms with van der Waals surface area (Å²) in [4.78, 5) is 26.4. The summed E-state index contributed by atoms with van der Waals surface area (Å²) in [6.45, 7) is 2.20. The number of rotatable bonds is 11. The maximum atomic E-state index is 12.4. The number of hydrogen-bond acceptors (Lipinski definition) is 5. The van der Waals surface area contributed by atoms with Crippen LogP contribution < -0.4 is 4.90 Å². The molecule has 0 aliphatic carbocycles. The molecule has 0 saturated carbocycles. The second kappa shape index (κ2) is 10.7. The quantitative estimate of drug-likeness (QED) is 0.500. The van der Waals surface area contributed by atoms with Crippen LogP contribution in [0.4, 0.5) is 5.69 Å². The van der Waals surface area contributed by atoms with E-state index in [0.29, 0.717) is 11.3 Å². The number of benzene rings is 1. The average Bonchev–Trinajstić information content (AvgIpc) is 3.35. The fourth-order valence-electron chi connectivity index (χ4n) is 3.68. The summed E-state index contributed by atoms with van der Waals surface area (Å²) in [7, 11) is 0. The van der Waals surface area contributed by atoms with Crippen LogP contribution in [0.25, 0.3) is 0 Å². The summed E-state index contributed by atoms with van der Waals surface area (Å²) < 4.78 is 5.69. The van der Waals surface area contributed by atoms with Gasteiger partial charge in [-0.2, -0.15) is 0 Å². The summed E-state index contributed by atoms with van der Waals surface area (Å²) >= 11 is 1.29. The Labute approximate surface area is 181 Å². The molecule has 1 aliphatic heterocycles. The number of carbonyl (C=O) groups excluding carboxylic acids is 1. The SMILES string of the molecule is CCCCC[C@H](O)c1ccc(N2C(=O)CO[C@H]2CCCc2ccc(C(=O)O)s2)cc1. The van der Waals surface area contributed by atoms with E-state index < -0.39 is 12.1 Å². The second-order valence-corrected chi connectivity index (χ2v) is 8.76. The molecule has 3 rings (SSSR count). The lowest BCUT2D eigenvalue weighted by Crippen LogP contribution is -2.33. The highest BCUT2D eigenvalue weighted by Gasteiger charge is 2.32. The lowest BCUT2D eigenvalue weighted by atomic mass is 10.0. The maximum absolute atomic E-state index is 12.4. The third-order valence-electron chi connectivity index (χ3n) is 5.34. The van der Waals surface area contributed by atoms with Crippen LogP contribution in [0, 0.1) is 0 Å². The van der Waals surface area contributed by atoms with Gasteiger partial charge in [-0.05, 0) is 55.5 Å². The molecule has 1 saturated heterocycles. The second-order valence-electron chi connectivity index (χ2n) is 7.60. The fourth-order valence-corrected chi connectivity index (χ4v) is 4.57. The van der Waals surface area contributed by atoms with Crippen LogP contribution in [-0.2, 0) is 16.0 Å². The molecular weight excluding hydrogens is 402 g/mol. The third kappa shape index (κ3) is 5.68. The Balaban J connectivity index is 1.56. The van der Waals surface area contributed by atoms with Crippen molar-refractivity contribution < 1.29 is 24.5 Å². The number of thiophene rings is 1. The highest BCUT2D eigenvalue weighted by molar-refractivity contribution is 7.13. The zero-order valence-electron chi connectivity index (χ0n) is 17.3. The molecule has 0 bridgehead atoms. The van der Waals surface area contributed by atoms with Gasteiger partial charge in [0.2, 0.25) is 0 Å². The number of carboxylic acids is 1. The zero-order chi connectivity index (χ0) is 21.5. The summed E-state index contributed by atoms with van der Waals surface area (Å²) in [6.07, 6.45) is 5.39. The van der Waals surface area contributed by atoms with Gasteiger partial charge in [0.15, 0.2) is 0 Å². The van der Waals surface area contributed by atoms with Crippen LogP contribution >= 0.6 is 11.3 Å². The van der Waals surface area contributed by atoms with Crippen molar-refractivity contribution in [3.05, 3.63) is 51.7 Å². The first-order chi connectivity index (χ1) is 14.5. The predicted molar refractivity (Wildman–Crippen MR) is 117 cm³/mol. The Morgan fingerprint density at radius 3 is 2.63 bits per heavy atom. The van der Waals surface area contributed by atoms with Crippen molar-refractivity contribution in [2.75, 3.05) is 11.5 Å². The van der Waals surface area contributed by atoms with E-state index >= 15 is 0 Å². The predicted octanol–water partition coefficient (Wildman–Crippen LogP) is 4.77. The van der Waals surface area contributed by atoms with Gasteiger partial charge < -0.3 is 14.9 Å². The van der Waals surface area contributed by atoms with Crippen LogP contribution in [0.5, 0.6) is 0 Å².